The Morgan fingerprint density at radius 1 is 1.11 bits per heavy atom. The van der Waals surface area contributed by atoms with Gasteiger partial charge in [-0.15, -0.1) is 0 Å². The van der Waals surface area contributed by atoms with Gasteiger partial charge in [0.2, 0.25) is 0 Å². The molecule has 2 aromatic rings. The first-order chi connectivity index (χ1) is 9.08. The zero-order valence-corrected chi connectivity index (χ0v) is 12.6. The first-order valence-electron chi connectivity index (χ1n) is 6.20. The van der Waals surface area contributed by atoms with Crippen LogP contribution in [0.2, 0.25) is 0 Å². The molecule has 0 bridgehead atoms. The van der Waals surface area contributed by atoms with Crippen LogP contribution in [0.1, 0.15) is 34.5 Å². The lowest BCUT2D eigenvalue weighted by molar-refractivity contribution is 0.0940. The van der Waals surface area contributed by atoms with Gasteiger partial charge in [0.05, 0.1) is 6.04 Å². The van der Waals surface area contributed by atoms with Crippen molar-refractivity contribution in [1.29, 1.82) is 0 Å². The number of hydrogen-bond donors (Lipinski definition) is 1. The third kappa shape index (κ3) is 3.44. The van der Waals surface area contributed by atoms with Crippen LogP contribution in [-0.4, -0.2) is 5.91 Å². The van der Waals surface area contributed by atoms with Crippen molar-refractivity contribution in [3.63, 3.8) is 0 Å². The lowest BCUT2D eigenvalue weighted by atomic mass is 10.1. The molecule has 98 valence electrons. The van der Waals surface area contributed by atoms with Gasteiger partial charge in [-0.2, -0.15) is 0 Å². The molecule has 0 unspecified atom stereocenters. The fraction of sp³-hybridized carbons (Fsp3) is 0.188. The number of halogens is 1. The largest absolute Gasteiger partial charge is 0.345 e. The Morgan fingerprint density at radius 3 is 2.37 bits per heavy atom. The Labute approximate surface area is 122 Å². The predicted octanol–water partition coefficient (Wildman–Crippen LogP) is 4.25. The first-order valence-corrected chi connectivity index (χ1v) is 6.99. The standard InChI is InChI=1S/C16H16BrNO/c1-11-7-9-13(10-8-11)16(19)18-12(2)14-5-3-4-6-15(14)17/h3-10,12H,1-2H3,(H,18,19)/t12-/m0/s1. The van der Waals surface area contributed by atoms with Gasteiger partial charge in [0.15, 0.2) is 0 Å². The molecule has 0 saturated carbocycles. The van der Waals surface area contributed by atoms with E-state index in [9.17, 15) is 4.79 Å². The number of benzene rings is 2. The second-order valence-corrected chi connectivity index (χ2v) is 5.44. The highest BCUT2D eigenvalue weighted by molar-refractivity contribution is 9.10. The summed E-state index contributed by atoms with van der Waals surface area (Å²) < 4.78 is 1.01. The van der Waals surface area contributed by atoms with Gasteiger partial charge in [-0.25, -0.2) is 0 Å². The number of carbonyl (C=O) groups excluding carboxylic acids is 1. The molecule has 0 aliphatic rings. The number of nitrogens with one attached hydrogen (secondary N) is 1. The molecule has 1 N–H and O–H groups in total. The Kier molecular flexibility index (Phi) is 4.38. The minimum Gasteiger partial charge on any atom is -0.345 e. The van der Waals surface area contributed by atoms with Gasteiger partial charge < -0.3 is 5.32 Å². The van der Waals surface area contributed by atoms with Gasteiger partial charge >= 0.3 is 0 Å². The van der Waals surface area contributed by atoms with Crippen molar-refractivity contribution >= 4 is 21.8 Å². The molecule has 1 amide bonds. The van der Waals surface area contributed by atoms with E-state index in [1.165, 1.54) is 0 Å². The molecule has 0 heterocycles. The van der Waals surface area contributed by atoms with Crippen LogP contribution in [0.25, 0.3) is 0 Å². The number of amides is 1. The van der Waals surface area contributed by atoms with Crippen LogP contribution in [0, 0.1) is 6.92 Å². The minimum absolute atomic E-state index is 0.0376. The number of carbonyl (C=O) groups is 1. The van der Waals surface area contributed by atoms with Crippen molar-refractivity contribution in [3.8, 4) is 0 Å². The van der Waals surface area contributed by atoms with Crippen LogP contribution in [-0.2, 0) is 0 Å². The summed E-state index contributed by atoms with van der Waals surface area (Å²) in [5.41, 5.74) is 2.91. The van der Waals surface area contributed by atoms with Gasteiger partial charge in [-0.05, 0) is 37.6 Å². The van der Waals surface area contributed by atoms with Crippen molar-refractivity contribution in [2.75, 3.05) is 0 Å². The predicted molar refractivity (Wildman–Crippen MR) is 81.2 cm³/mol. The van der Waals surface area contributed by atoms with E-state index in [-0.39, 0.29) is 11.9 Å². The molecule has 2 nitrogen and oxygen atoms in total. The Balaban J connectivity index is 2.11. The summed E-state index contributed by atoms with van der Waals surface area (Å²) in [7, 11) is 0. The van der Waals surface area contributed by atoms with E-state index >= 15 is 0 Å². The Bertz CT molecular complexity index is 578. The van der Waals surface area contributed by atoms with Gasteiger partial charge in [0.25, 0.3) is 5.91 Å². The molecule has 1 atom stereocenters. The topological polar surface area (TPSA) is 29.1 Å². The fourth-order valence-corrected chi connectivity index (χ4v) is 2.52. The number of rotatable bonds is 3. The van der Waals surface area contributed by atoms with Gasteiger partial charge in [0, 0.05) is 10.0 Å². The Morgan fingerprint density at radius 2 is 1.74 bits per heavy atom. The first kappa shape index (κ1) is 13.8. The molecule has 19 heavy (non-hydrogen) atoms. The van der Waals surface area contributed by atoms with E-state index in [0.717, 1.165) is 15.6 Å². The second kappa shape index (κ2) is 6.02. The lowest BCUT2D eigenvalue weighted by Crippen LogP contribution is -2.26. The summed E-state index contributed by atoms with van der Waals surface area (Å²) in [4.78, 5) is 12.1. The molecule has 0 aliphatic carbocycles. The highest BCUT2D eigenvalue weighted by atomic mass is 79.9. The summed E-state index contributed by atoms with van der Waals surface area (Å²) in [5.74, 6) is -0.0525. The van der Waals surface area contributed by atoms with E-state index in [0.29, 0.717) is 5.56 Å². The molecule has 0 spiro atoms. The van der Waals surface area contributed by atoms with Crippen LogP contribution in [0.15, 0.2) is 53.0 Å². The van der Waals surface area contributed by atoms with Gasteiger partial charge in [-0.3, -0.25) is 4.79 Å². The summed E-state index contributed by atoms with van der Waals surface area (Å²) in [6, 6.07) is 15.4. The fourth-order valence-electron chi connectivity index (χ4n) is 1.89. The normalized spacial score (nSPS) is 11.9. The highest BCUT2D eigenvalue weighted by Crippen LogP contribution is 2.22. The van der Waals surface area contributed by atoms with E-state index in [1.54, 1.807) is 0 Å². The highest BCUT2D eigenvalue weighted by Gasteiger charge is 2.13. The molecular formula is C16H16BrNO. The lowest BCUT2D eigenvalue weighted by Gasteiger charge is -2.16. The van der Waals surface area contributed by atoms with E-state index in [2.05, 4.69) is 21.2 Å². The number of aryl methyl sites for hydroxylation is 1. The van der Waals surface area contributed by atoms with Crippen molar-refractivity contribution in [1.82, 2.24) is 5.32 Å². The molecule has 0 aliphatic heterocycles. The summed E-state index contributed by atoms with van der Waals surface area (Å²) in [5, 5.41) is 3.00. The smallest absolute Gasteiger partial charge is 0.251 e. The van der Waals surface area contributed by atoms with Crippen LogP contribution >= 0.6 is 15.9 Å². The Hall–Kier alpha value is -1.61. The molecule has 0 aromatic heterocycles. The molecule has 0 saturated heterocycles. The molecular weight excluding hydrogens is 302 g/mol. The van der Waals surface area contributed by atoms with Crippen LogP contribution < -0.4 is 5.32 Å². The summed E-state index contributed by atoms with van der Waals surface area (Å²) in [6.07, 6.45) is 0. The van der Waals surface area contributed by atoms with Crippen molar-refractivity contribution in [3.05, 3.63) is 69.7 Å². The van der Waals surface area contributed by atoms with E-state index in [4.69, 9.17) is 0 Å². The molecule has 0 radical (unpaired) electrons. The monoisotopic (exact) mass is 317 g/mol. The number of hydrogen-bond acceptors (Lipinski definition) is 1. The van der Waals surface area contributed by atoms with Crippen molar-refractivity contribution in [2.24, 2.45) is 0 Å². The molecule has 3 heteroatoms. The maximum absolute atomic E-state index is 12.1. The maximum atomic E-state index is 12.1. The maximum Gasteiger partial charge on any atom is 0.251 e. The van der Waals surface area contributed by atoms with Crippen LogP contribution in [0.5, 0.6) is 0 Å². The molecule has 0 fully saturated rings. The third-order valence-corrected chi connectivity index (χ3v) is 3.76. The quantitative estimate of drug-likeness (QED) is 0.901. The SMILES string of the molecule is Cc1ccc(C(=O)N[C@@H](C)c2ccccc2Br)cc1. The summed E-state index contributed by atoms with van der Waals surface area (Å²) >= 11 is 3.50. The molecule has 2 aromatic carbocycles. The van der Waals surface area contributed by atoms with Crippen molar-refractivity contribution < 1.29 is 4.79 Å². The average Bonchev–Trinajstić information content (AvgIpc) is 2.39. The van der Waals surface area contributed by atoms with Crippen molar-refractivity contribution in [2.45, 2.75) is 19.9 Å². The average molecular weight is 318 g/mol. The third-order valence-electron chi connectivity index (χ3n) is 3.03. The van der Waals surface area contributed by atoms with E-state index < -0.39 is 0 Å². The summed E-state index contributed by atoms with van der Waals surface area (Å²) in [6.45, 7) is 3.98. The zero-order chi connectivity index (χ0) is 13.8. The van der Waals surface area contributed by atoms with Crippen LogP contribution in [0.4, 0.5) is 0 Å². The van der Waals surface area contributed by atoms with E-state index in [1.807, 2.05) is 62.4 Å². The minimum atomic E-state index is -0.0525. The van der Waals surface area contributed by atoms with Gasteiger partial charge in [-0.1, -0.05) is 51.8 Å². The zero-order valence-electron chi connectivity index (χ0n) is 11.0. The van der Waals surface area contributed by atoms with Crippen LogP contribution in [0.3, 0.4) is 0 Å². The van der Waals surface area contributed by atoms with Gasteiger partial charge in [0.1, 0.15) is 0 Å². The molecule has 2 rings (SSSR count). The second-order valence-electron chi connectivity index (χ2n) is 4.58.